The standard InChI is InChI=1S/C18H17FN2O3/c1-24-18(23)20-14-4-2-3-12(9-14)17(22)21-16-10-15(16)11-5-7-13(19)8-6-11/h2-9,15-16H,10H2,1H3,(H,20,23)(H,21,22). The van der Waals surface area contributed by atoms with E-state index in [0.717, 1.165) is 12.0 Å². The third-order valence-corrected chi connectivity index (χ3v) is 3.96. The van der Waals surface area contributed by atoms with Crippen LogP contribution in [0.15, 0.2) is 48.5 Å². The Morgan fingerprint density at radius 3 is 2.62 bits per heavy atom. The van der Waals surface area contributed by atoms with Crippen LogP contribution in [-0.2, 0) is 4.74 Å². The van der Waals surface area contributed by atoms with E-state index in [2.05, 4.69) is 15.4 Å². The van der Waals surface area contributed by atoms with Crippen LogP contribution in [0.2, 0.25) is 0 Å². The molecule has 2 N–H and O–H groups in total. The molecular formula is C18H17FN2O3. The van der Waals surface area contributed by atoms with Crippen LogP contribution in [0.4, 0.5) is 14.9 Å². The lowest BCUT2D eigenvalue weighted by Crippen LogP contribution is -2.26. The Labute approximate surface area is 138 Å². The van der Waals surface area contributed by atoms with Crippen molar-refractivity contribution in [1.82, 2.24) is 5.32 Å². The van der Waals surface area contributed by atoms with Crippen LogP contribution in [0.3, 0.4) is 0 Å². The predicted molar refractivity (Wildman–Crippen MR) is 87.5 cm³/mol. The van der Waals surface area contributed by atoms with E-state index in [0.29, 0.717) is 11.3 Å². The summed E-state index contributed by atoms with van der Waals surface area (Å²) in [5, 5.41) is 5.47. The summed E-state index contributed by atoms with van der Waals surface area (Å²) < 4.78 is 17.5. The SMILES string of the molecule is COC(=O)Nc1cccc(C(=O)NC2CC2c2ccc(F)cc2)c1. The third kappa shape index (κ3) is 3.71. The number of amides is 2. The number of carbonyl (C=O) groups is 2. The maximum atomic E-state index is 12.9. The van der Waals surface area contributed by atoms with Crippen molar-refractivity contribution in [3.8, 4) is 0 Å². The number of ether oxygens (including phenoxy) is 1. The highest BCUT2D eigenvalue weighted by atomic mass is 19.1. The predicted octanol–water partition coefficient (Wildman–Crippen LogP) is 3.29. The van der Waals surface area contributed by atoms with Gasteiger partial charge in [0.05, 0.1) is 7.11 Å². The van der Waals surface area contributed by atoms with E-state index in [9.17, 15) is 14.0 Å². The molecule has 5 nitrogen and oxygen atoms in total. The number of halogens is 1. The topological polar surface area (TPSA) is 67.4 Å². The van der Waals surface area contributed by atoms with Gasteiger partial charge in [-0.2, -0.15) is 0 Å². The van der Waals surface area contributed by atoms with Gasteiger partial charge >= 0.3 is 6.09 Å². The Bertz CT molecular complexity index is 761. The molecular weight excluding hydrogens is 311 g/mol. The highest BCUT2D eigenvalue weighted by Gasteiger charge is 2.39. The normalized spacial score (nSPS) is 18.6. The fourth-order valence-corrected chi connectivity index (χ4v) is 2.59. The summed E-state index contributed by atoms with van der Waals surface area (Å²) in [4.78, 5) is 23.5. The summed E-state index contributed by atoms with van der Waals surface area (Å²) in [6.45, 7) is 0. The van der Waals surface area contributed by atoms with Gasteiger partial charge in [-0.25, -0.2) is 9.18 Å². The molecule has 3 rings (SSSR count). The average molecular weight is 328 g/mol. The van der Waals surface area contributed by atoms with Gasteiger partial charge < -0.3 is 10.1 Å². The van der Waals surface area contributed by atoms with Crippen LogP contribution in [0.5, 0.6) is 0 Å². The number of methoxy groups -OCH3 is 1. The van der Waals surface area contributed by atoms with E-state index in [4.69, 9.17) is 0 Å². The van der Waals surface area contributed by atoms with Crippen LogP contribution >= 0.6 is 0 Å². The van der Waals surface area contributed by atoms with E-state index < -0.39 is 6.09 Å². The molecule has 0 spiro atoms. The fourth-order valence-electron chi connectivity index (χ4n) is 2.59. The Morgan fingerprint density at radius 2 is 1.92 bits per heavy atom. The lowest BCUT2D eigenvalue weighted by molar-refractivity contribution is 0.0950. The van der Waals surface area contributed by atoms with Crippen LogP contribution in [0.1, 0.15) is 28.3 Å². The second-order valence-corrected chi connectivity index (χ2v) is 5.67. The van der Waals surface area contributed by atoms with Gasteiger partial charge in [0.25, 0.3) is 5.91 Å². The molecule has 1 aliphatic rings. The zero-order valence-electron chi connectivity index (χ0n) is 13.1. The van der Waals surface area contributed by atoms with Crippen LogP contribution in [-0.4, -0.2) is 25.2 Å². The minimum atomic E-state index is -0.592. The zero-order chi connectivity index (χ0) is 17.1. The van der Waals surface area contributed by atoms with Crippen LogP contribution in [0, 0.1) is 5.82 Å². The molecule has 1 aliphatic carbocycles. The minimum absolute atomic E-state index is 0.0418. The second kappa shape index (κ2) is 6.70. The molecule has 2 unspecified atom stereocenters. The highest BCUT2D eigenvalue weighted by Crippen LogP contribution is 2.40. The van der Waals surface area contributed by atoms with E-state index in [1.54, 1.807) is 36.4 Å². The van der Waals surface area contributed by atoms with Gasteiger partial charge in [-0.3, -0.25) is 10.1 Å². The molecule has 2 atom stereocenters. The van der Waals surface area contributed by atoms with E-state index in [1.807, 2.05) is 0 Å². The molecule has 0 saturated heterocycles. The largest absolute Gasteiger partial charge is 0.453 e. The lowest BCUT2D eigenvalue weighted by atomic mass is 10.1. The maximum Gasteiger partial charge on any atom is 0.411 e. The number of anilines is 1. The number of carbonyl (C=O) groups excluding carboxylic acids is 2. The Hall–Kier alpha value is -2.89. The smallest absolute Gasteiger partial charge is 0.411 e. The molecule has 1 fully saturated rings. The molecule has 6 heteroatoms. The van der Waals surface area contributed by atoms with Gasteiger partial charge in [-0.05, 0) is 42.3 Å². The Kier molecular flexibility index (Phi) is 4.46. The molecule has 0 bridgehead atoms. The van der Waals surface area contributed by atoms with Gasteiger partial charge in [0, 0.05) is 23.2 Å². The van der Waals surface area contributed by atoms with Crippen molar-refractivity contribution >= 4 is 17.7 Å². The fraction of sp³-hybridized carbons (Fsp3) is 0.222. The number of hydrogen-bond donors (Lipinski definition) is 2. The van der Waals surface area contributed by atoms with Crippen molar-refractivity contribution in [3.63, 3.8) is 0 Å². The second-order valence-electron chi connectivity index (χ2n) is 5.67. The average Bonchev–Trinajstić information content (AvgIpc) is 3.34. The van der Waals surface area contributed by atoms with Gasteiger partial charge in [0.2, 0.25) is 0 Å². The van der Waals surface area contributed by atoms with Crippen LogP contribution < -0.4 is 10.6 Å². The first-order chi connectivity index (χ1) is 11.6. The first-order valence-corrected chi connectivity index (χ1v) is 7.58. The van der Waals surface area contributed by atoms with Gasteiger partial charge in [-0.15, -0.1) is 0 Å². The molecule has 124 valence electrons. The molecule has 2 aromatic carbocycles. The summed E-state index contributed by atoms with van der Waals surface area (Å²) in [5.41, 5.74) is 1.96. The van der Waals surface area contributed by atoms with Gasteiger partial charge in [0.1, 0.15) is 5.82 Å². The molecule has 0 heterocycles. The zero-order valence-corrected chi connectivity index (χ0v) is 13.1. The Balaban J connectivity index is 1.61. The molecule has 2 amide bonds. The molecule has 0 aromatic heterocycles. The quantitative estimate of drug-likeness (QED) is 0.905. The van der Waals surface area contributed by atoms with Crippen molar-refractivity contribution < 1.29 is 18.7 Å². The Morgan fingerprint density at radius 1 is 1.17 bits per heavy atom. The first-order valence-electron chi connectivity index (χ1n) is 7.58. The first kappa shape index (κ1) is 16.0. The van der Waals surface area contributed by atoms with Crippen molar-refractivity contribution in [2.75, 3.05) is 12.4 Å². The summed E-state index contributed by atoms with van der Waals surface area (Å²) in [6, 6.07) is 13.0. The maximum absolute atomic E-state index is 12.9. The van der Waals surface area contributed by atoms with Crippen LogP contribution in [0.25, 0.3) is 0 Å². The number of nitrogens with one attached hydrogen (secondary N) is 2. The minimum Gasteiger partial charge on any atom is -0.453 e. The lowest BCUT2D eigenvalue weighted by Gasteiger charge is -2.08. The monoisotopic (exact) mass is 328 g/mol. The number of rotatable bonds is 4. The summed E-state index contributed by atoms with van der Waals surface area (Å²) in [7, 11) is 1.27. The van der Waals surface area contributed by atoms with Crippen molar-refractivity contribution in [2.24, 2.45) is 0 Å². The summed E-state index contributed by atoms with van der Waals surface area (Å²) >= 11 is 0. The van der Waals surface area contributed by atoms with Gasteiger partial charge in [-0.1, -0.05) is 18.2 Å². The van der Waals surface area contributed by atoms with Crippen molar-refractivity contribution in [3.05, 3.63) is 65.5 Å². The van der Waals surface area contributed by atoms with Crippen molar-refractivity contribution in [1.29, 1.82) is 0 Å². The molecule has 0 radical (unpaired) electrons. The third-order valence-electron chi connectivity index (χ3n) is 3.96. The summed E-state index contributed by atoms with van der Waals surface area (Å²) in [6.07, 6.45) is 0.239. The molecule has 1 saturated carbocycles. The molecule has 24 heavy (non-hydrogen) atoms. The number of benzene rings is 2. The summed E-state index contributed by atoms with van der Waals surface area (Å²) in [5.74, 6) is -0.265. The van der Waals surface area contributed by atoms with E-state index in [-0.39, 0.29) is 23.7 Å². The van der Waals surface area contributed by atoms with E-state index in [1.165, 1.54) is 19.2 Å². The van der Waals surface area contributed by atoms with Gasteiger partial charge in [0.15, 0.2) is 0 Å². The van der Waals surface area contributed by atoms with Crippen molar-refractivity contribution in [2.45, 2.75) is 18.4 Å². The highest BCUT2D eigenvalue weighted by molar-refractivity contribution is 5.96. The van der Waals surface area contributed by atoms with E-state index >= 15 is 0 Å². The number of hydrogen-bond acceptors (Lipinski definition) is 3. The molecule has 2 aromatic rings. The molecule has 0 aliphatic heterocycles.